The highest BCUT2D eigenvalue weighted by Crippen LogP contribution is 2.23. The molecule has 0 atom stereocenters. The SMILES string of the molecule is O=S(=O)(Nc1ccc2[nH]ncc2c1)c1ccc(Br)cc1F. The van der Waals surface area contributed by atoms with Crippen molar-refractivity contribution >= 4 is 42.5 Å². The number of sulfonamides is 1. The van der Waals surface area contributed by atoms with Crippen molar-refractivity contribution in [1.82, 2.24) is 10.2 Å². The zero-order valence-corrected chi connectivity index (χ0v) is 12.9. The van der Waals surface area contributed by atoms with E-state index in [1.54, 1.807) is 24.4 Å². The summed E-state index contributed by atoms with van der Waals surface area (Å²) in [5.74, 6) is -0.818. The first-order valence-corrected chi connectivity index (χ1v) is 8.14. The lowest BCUT2D eigenvalue weighted by molar-refractivity contribution is 0.570. The Morgan fingerprint density at radius 3 is 2.76 bits per heavy atom. The Bertz CT molecular complexity index is 924. The zero-order chi connectivity index (χ0) is 15.0. The second-order valence-corrected chi connectivity index (χ2v) is 6.92. The Morgan fingerprint density at radius 1 is 1.19 bits per heavy atom. The average molecular weight is 370 g/mol. The summed E-state index contributed by atoms with van der Waals surface area (Å²) in [6.45, 7) is 0. The molecule has 0 unspecified atom stereocenters. The Hall–Kier alpha value is -1.93. The topological polar surface area (TPSA) is 74.8 Å². The van der Waals surface area contributed by atoms with Gasteiger partial charge in [-0.25, -0.2) is 12.8 Å². The highest BCUT2D eigenvalue weighted by atomic mass is 79.9. The van der Waals surface area contributed by atoms with Crippen LogP contribution in [0.3, 0.4) is 0 Å². The summed E-state index contributed by atoms with van der Waals surface area (Å²) < 4.78 is 41.0. The molecule has 0 radical (unpaired) electrons. The lowest BCUT2D eigenvalue weighted by atomic mass is 10.2. The Kier molecular flexibility index (Phi) is 3.42. The van der Waals surface area contributed by atoms with E-state index in [0.717, 1.165) is 17.0 Å². The van der Waals surface area contributed by atoms with E-state index in [1.165, 1.54) is 12.1 Å². The van der Waals surface area contributed by atoms with Crippen LogP contribution in [-0.2, 0) is 10.0 Å². The molecule has 2 N–H and O–H groups in total. The number of anilines is 1. The predicted molar refractivity (Wildman–Crippen MR) is 81.0 cm³/mol. The Labute approximate surface area is 128 Å². The monoisotopic (exact) mass is 369 g/mol. The van der Waals surface area contributed by atoms with Crippen LogP contribution in [0.1, 0.15) is 0 Å². The average Bonchev–Trinajstić information content (AvgIpc) is 2.85. The molecule has 2 aromatic carbocycles. The lowest BCUT2D eigenvalue weighted by Crippen LogP contribution is -2.14. The van der Waals surface area contributed by atoms with E-state index in [1.807, 2.05) is 0 Å². The number of nitrogens with one attached hydrogen (secondary N) is 2. The standard InChI is InChI=1S/C13H9BrFN3O2S/c14-9-1-4-13(11(15)6-9)21(19,20)18-10-2-3-12-8(5-10)7-16-17-12/h1-7,18H,(H,16,17). The summed E-state index contributed by atoms with van der Waals surface area (Å²) in [6, 6.07) is 8.67. The van der Waals surface area contributed by atoms with Crippen molar-refractivity contribution < 1.29 is 12.8 Å². The fraction of sp³-hybridized carbons (Fsp3) is 0. The summed E-state index contributed by atoms with van der Waals surface area (Å²) in [4.78, 5) is -0.405. The van der Waals surface area contributed by atoms with Crippen molar-refractivity contribution in [2.24, 2.45) is 0 Å². The van der Waals surface area contributed by atoms with Gasteiger partial charge in [0.2, 0.25) is 0 Å². The highest BCUT2D eigenvalue weighted by molar-refractivity contribution is 9.10. The molecule has 0 aliphatic heterocycles. The van der Waals surface area contributed by atoms with Crippen molar-refractivity contribution in [3.8, 4) is 0 Å². The van der Waals surface area contributed by atoms with Gasteiger partial charge in [0.15, 0.2) is 0 Å². The van der Waals surface area contributed by atoms with Crippen LogP contribution >= 0.6 is 15.9 Å². The number of fused-ring (bicyclic) bond motifs is 1. The maximum absolute atomic E-state index is 13.8. The lowest BCUT2D eigenvalue weighted by Gasteiger charge is -2.09. The third kappa shape index (κ3) is 2.77. The van der Waals surface area contributed by atoms with E-state index < -0.39 is 20.7 Å². The quantitative estimate of drug-likeness (QED) is 0.743. The zero-order valence-electron chi connectivity index (χ0n) is 10.5. The van der Waals surface area contributed by atoms with Gasteiger partial charge >= 0.3 is 0 Å². The number of benzene rings is 2. The predicted octanol–water partition coefficient (Wildman–Crippen LogP) is 3.27. The first-order valence-electron chi connectivity index (χ1n) is 5.87. The molecular formula is C13H9BrFN3O2S. The fourth-order valence-electron chi connectivity index (χ4n) is 1.91. The van der Waals surface area contributed by atoms with E-state index in [-0.39, 0.29) is 0 Å². The number of hydrogen-bond acceptors (Lipinski definition) is 3. The summed E-state index contributed by atoms with van der Waals surface area (Å²) in [7, 11) is -3.99. The summed E-state index contributed by atoms with van der Waals surface area (Å²) in [6.07, 6.45) is 1.58. The van der Waals surface area contributed by atoms with Gasteiger partial charge in [-0.05, 0) is 36.4 Å². The molecule has 0 amide bonds. The Balaban J connectivity index is 1.98. The van der Waals surface area contributed by atoms with Gasteiger partial charge in [-0.2, -0.15) is 5.10 Å². The third-order valence-corrected chi connectivity index (χ3v) is 4.78. The number of halogens is 2. The molecule has 108 valence electrons. The van der Waals surface area contributed by atoms with Crippen LogP contribution in [0, 0.1) is 5.82 Å². The summed E-state index contributed by atoms with van der Waals surface area (Å²) in [5, 5.41) is 7.37. The smallest absolute Gasteiger partial charge is 0.264 e. The van der Waals surface area contributed by atoms with Crippen LogP contribution in [0.5, 0.6) is 0 Å². The van der Waals surface area contributed by atoms with Gasteiger partial charge in [0, 0.05) is 15.5 Å². The number of H-pyrrole nitrogens is 1. The minimum Gasteiger partial charge on any atom is -0.280 e. The van der Waals surface area contributed by atoms with Crippen molar-refractivity contribution in [2.45, 2.75) is 4.90 Å². The van der Waals surface area contributed by atoms with E-state index in [4.69, 9.17) is 0 Å². The van der Waals surface area contributed by atoms with Crippen LogP contribution in [0.15, 0.2) is 52.0 Å². The van der Waals surface area contributed by atoms with Crippen molar-refractivity contribution in [3.05, 3.63) is 52.9 Å². The molecule has 1 aromatic heterocycles. The largest absolute Gasteiger partial charge is 0.280 e. The van der Waals surface area contributed by atoms with E-state index in [9.17, 15) is 12.8 Å². The summed E-state index contributed by atoms with van der Waals surface area (Å²) >= 11 is 3.09. The van der Waals surface area contributed by atoms with Crippen LogP contribution < -0.4 is 4.72 Å². The van der Waals surface area contributed by atoms with Crippen molar-refractivity contribution in [1.29, 1.82) is 0 Å². The second-order valence-electron chi connectivity index (χ2n) is 4.35. The highest BCUT2D eigenvalue weighted by Gasteiger charge is 2.19. The van der Waals surface area contributed by atoms with Crippen LogP contribution in [0.2, 0.25) is 0 Å². The van der Waals surface area contributed by atoms with E-state index in [2.05, 4.69) is 30.8 Å². The van der Waals surface area contributed by atoms with Crippen LogP contribution in [0.4, 0.5) is 10.1 Å². The third-order valence-electron chi connectivity index (χ3n) is 2.88. The maximum Gasteiger partial charge on any atom is 0.264 e. The van der Waals surface area contributed by atoms with Crippen LogP contribution in [0.25, 0.3) is 10.9 Å². The number of aromatic amines is 1. The molecule has 5 nitrogen and oxygen atoms in total. The number of rotatable bonds is 3. The second kappa shape index (κ2) is 5.12. The molecule has 0 aliphatic carbocycles. The molecule has 21 heavy (non-hydrogen) atoms. The molecule has 3 aromatic rings. The molecule has 0 aliphatic rings. The number of hydrogen-bond donors (Lipinski definition) is 2. The first kappa shape index (κ1) is 14.0. The fourth-order valence-corrected chi connectivity index (χ4v) is 3.35. The van der Waals surface area contributed by atoms with Gasteiger partial charge < -0.3 is 0 Å². The molecular weight excluding hydrogens is 361 g/mol. The molecule has 0 fully saturated rings. The maximum atomic E-state index is 13.8. The molecule has 0 spiro atoms. The molecule has 0 saturated carbocycles. The van der Waals surface area contributed by atoms with Gasteiger partial charge in [-0.15, -0.1) is 0 Å². The van der Waals surface area contributed by atoms with Crippen molar-refractivity contribution in [3.63, 3.8) is 0 Å². The van der Waals surface area contributed by atoms with Crippen molar-refractivity contribution in [2.75, 3.05) is 4.72 Å². The van der Waals surface area contributed by atoms with Gasteiger partial charge in [0.25, 0.3) is 10.0 Å². The van der Waals surface area contributed by atoms with E-state index in [0.29, 0.717) is 10.2 Å². The van der Waals surface area contributed by atoms with E-state index >= 15 is 0 Å². The molecule has 3 rings (SSSR count). The molecule has 1 heterocycles. The van der Waals surface area contributed by atoms with Gasteiger partial charge in [-0.1, -0.05) is 15.9 Å². The molecule has 0 bridgehead atoms. The minimum atomic E-state index is -3.99. The minimum absolute atomic E-state index is 0.339. The Morgan fingerprint density at radius 2 is 2.00 bits per heavy atom. The number of aromatic nitrogens is 2. The van der Waals surface area contributed by atoms with Crippen LogP contribution in [-0.4, -0.2) is 18.6 Å². The molecule has 0 saturated heterocycles. The normalized spacial score (nSPS) is 11.7. The van der Waals surface area contributed by atoms with Gasteiger partial charge in [-0.3, -0.25) is 9.82 Å². The van der Waals surface area contributed by atoms with Gasteiger partial charge in [0.1, 0.15) is 10.7 Å². The van der Waals surface area contributed by atoms with Gasteiger partial charge in [0.05, 0.1) is 11.7 Å². The molecule has 8 heteroatoms. The summed E-state index contributed by atoms with van der Waals surface area (Å²) in [5.41, 5.74) is 1.12. The number of nitrogens with zero attached hydrogens (tertiary/aromatic N) is 1. The first-order chi connectivity index (χ1) is 9.95.